The summed E-state index contributed by atoms with van der Waals surface area (Å²) in [5, 5.41) is 9.29. The molecule has 0 aliphatic heterocycles. The van der Waals surface area contributed by atoms with Crippen molar-refractivity contribution in [2.45, 2.75) is 20.0 Å². The highest BCUT2D eigenvalue weighted by Crippen LogP contribution is 2.29. The second-order valence-electron chi connectivity index (χ2n) is 5.48. The van der Waals surface area contributed by atoms with Crippen molar-refractivity contribution in [3.63, 3.8) is 0 Å². The Balaban J connectivity index is 2.22. The van der Waals surface area contributed by atoms with E-state index in [4.69, 9.17) is 4.74 Å². The van der Waals surface area contributed by atoms with E-state index in [1.54, 1.807) is 7.05 Å². The number of aromatic nitrogens is 2. The largest absolute Gasteiger partial charge is 0.493 e. The molecule has 1 heterocycles. The van der Waals surface area contributed by atoms with Crippen molar-refractivity contribution in [3.8, 4) is 11.5 Å². The van der Waals surface area contributed by atoms with Crippen LogP contribution in [0, 0.1) is 0 Å². The molecule has 2 rings (SSSR count). The van der Waals surface area contributed by atoms with E-state index in [-0.39, 0.29) is 34.4 Å². The second kappa shape index (κ2) is 8.97. The topological polar surface area (TPSA) is 94.5 Å². The fourth-order valence-corrected chi connectivity index (χ4v) is 2.32. The van der Waals surface area contributed by atoms with Gasteiger partial charge >= 0.3 is 6.61 Å². The van der Waals surface area contributed by atoms with E-state index in [1.807, 2.05) is 6.92 Å². The first kappa shape index (κ1) is 20.1. The lowest BCUT2D eigenvalue weighted by atomic mass is 10.2. The van der Waals surface area contributed by atoms with E-state index >= 15 is 0 Å². The van der Waals surface area contributed by atoms with Crippen LogP contribution in [0.4, 0.5) is 14.5 Å². The average Bonchev–Trinajstić information content (AvgIpc) is 2.99. The Morgan fingerprint density at radius 3 is 2.63 bits per heavy atom. The number of carbonyl (C=O) groups excluding carboxylic acids is 2. The van der Waals surface area contributed by atoms with Crippen LogP contribution in [0.1, 0.15) is 34.2 Å². The third-order valence-corrected chi connectivity index (χ3v) is 3.58. The summed E-state index contributed by atoms with van der Waals surface area (Å²) in [4.78, 5) is 24.7. The zero-order chi connectivity index (χ0) is 20.0. The minimum Gasteiger partial charge on any atom is -0.493 e. The predicted molar refractivity (Wildman–Crippen MR) is 93.4 cm³/mol. The van der Waals surface area contributed by atoms with Crippen molar-refractivity contribution in [2.24, 2.45) is 7.05 Å². The van der Waals surface area contributed by atoms with Gasteiger partial charge in [0, 0.05) is 19.2 Å². The highest BCUT2D eigenvalue weighted by atomic mass is 19.3. The maximum Gasteiger partial charge on any atom is 0.387 e. The summed E-state index contributed by atoms with van der Waals surface area (Å²) in [6.45, 7) is -0.612. The number of nitrogens with one attached hydrogen (secondary N) is 2. The number of aryl methyl sites for hydroxylation is 1. The number of rotatable bonds is 8. The number of benzene rings is 1. The standard InChI is InChI=1S/C17H20F2N4O4/c1-4-7-20-16(25)14-11(9-21-23(14)2)22-15(24)10-5-6-12(27-17(18)19)13(8-10)26-3/h5-6,8-9,17H,4,7H2,1-3H3,(H,20,25)(H,22,24). The maximum absolute atomic E-state index is 12.5. The molecule has 0 spiro atoms. The zero-order valence-electron chi connectivity index (χ0n) is 15.1. The molecule has 1 aromatic heterocycles. The van der Waals surface area contributed by atoms with Gasteiger partial charge in [0.15, 0.2) is 11.5 Å². The lowest BCUT2D eigenvalue weighted by Crippen LogP contribution is -2.27. The van der Waals surface area contributed by atoms with Gasteiger partial charge in [-0.3, -0.25) is 14.3 Å². The molecule has 2 amide bonds. The number of amides is 2. The number of hydrogen-bond acceptors (Lipinski definition) is 5. The van der Waals surface area contributed by atoms with Crippen molar-refractivity contribution < 1.29 is 27.8 Å². The van der Waals surface area contributed by atoms with Gasteiger partial charge < -0.3 is 20.1 Å². The first-order chi connectivity index (χ1) is 12.9. The number of ether oxygens (including phenoxy) is 2. The van der Waals surface area contributed by atoms with Gasteiger partial charge in [0.1, 0.15) is 5.69 Å². The summed E-state index contributed by atoms with van der Waals surface area (Å²) >= 11 is 0. The molecule has 0 saturated heterocycles. The second-order valence-corrected chi connectivity index (χ2v) is 5.48. The summed E-state index contributed by atoms with van der Waals surface area (Å²) in [7, 11) is 2.85. The number of hydrogen-bond donors (Lipinski definition) is 2. The minimum atomic E-state index is -3.02. The average molecular weight is 382 g/mol. The number of anilines is 1. The van der Waals surface area contributed by atoms with Crippen molar-refractivity contribution in [1.29, 1.82) is 0 Å². The number of methoxy groups -OCH3 is 1. The Hall–Kier alpha value is -3.17. The van der Waals surface area contributed by atoms with Crippen LogP contribution in [0.5, 0.6) is 11.5 Å². The normalized spacial score (nSPS) is 10.6. The first-order valence-electron chi connectivity index (χ1n) is 8.11. The van der Waals surface area contributed by atoms with Gasteiger partial charge in [0.25, 0.3) is 11.8 Å². The van der Waals surface area contributed by atoms with E-state index in [1.165, 1.54) is 36.2 Å². The molecule has 0 atom stereocenters. The number of halogens is 2. The Bertz CT molecular complexity index is 823. The van der Waals surface area contributed by atoms with Gasteiger partial charge in [0.05, 0.1) is 19.0 Å². The molecule has 2 N–H and O–H groups in total. The molecule has 27 heavy (non-hydrogen) atoms. The van der Waals surface area contributed by atoms with Crippen LogP contribution in [0.3, 0.4) is 0 Å². The third kappa shape index (κ3) is 4.93. The molecule has 1 aromatic carbocycles. The van der Waals surface area contributed by atoms with Gasteiger partial charge in [-0.15, -0.1) is 0 Å². The Morgan fingerprint density at radius 1 is 1.26 bits per heavy atom. The van der Waals surface area contributed by atoms with Gasteiger partial charge in [-0.25, -0.2) is 0 Å². The molecule has 0 radical (unpaired) electrons. The Morgan fingerprint density at radius 2 is 2.00 bits per heavy atom. The molecule has 0 aliphatic rings. The summed E-state index contributed by atoms with van der Waals surface area (Å²) in [5.74, 6) is -1.14. The molecule has 8 nitrogen and oxygen atoms in total. The highest BCUT2D eigenvalue weighted by Gasteiger charge is 2.20. The zero-order valence-corrected chi connectivity index (χ0v) is 15.1. The van der Waals surface area contributed by atoms with Crippen molar-refractivity contribution >= 4 is 17.5 Å². The number of carbonyl (C=O) groups is 2. The molecule has 0 aliphatic carbocycles. The van der Waals surface area contributed by atoms with E-state index in [2.05, 4.69) is 20.5 Å². The lowest BCUT2D eigenvalue weighted by molar-refractivity contribution is -0.0512. The summed E-state index contributed by atoms with van der Waals surface area (Å²) in [5.41, 5.74) is 0.557. The maximum atomic E-state index is 12.5. The van der Waals surface area contributed by atoms with Gasteiger partial charge in [-0.05, 0) is 24.6 Å². The smallest absolute Gasteiger partial charge is 0.387 e. The summed E-state index contributed by atoms with van der Waals surface area (Å²) < 4.78 is 35.4. The third-order valence-electron chi connectivity index (χ3n) is 3.58. The molecule has 10 heteroatoms. The summed E-state index contributed by atoms with van der Waals surface area (Å²) in [6, 6.07) is 3.78. The van der Waals surface area contributed by atoms with E-state index in [0.717, 1.165) is 6.42 Å². The van der Waals surface area contributed by atoms with Crippen molar-refractivity contribution in [1.82, 2.24) is 15.1 Å². The first-order valence-corrected chi connectivity index (χ1v) is 8.11. The molecular weight excluding hydrogens is 362 g/mol. The molecule has 0 saturated carbocycles. The minimum absolute atomic E-state index is 0.0185. The van der Waals surface area contributed by atoms with Crippen molar-refractivity contribution in [3.05, 3.63) is 35.7 Å². The van der Waals surface area contributed by atoms with Crippen LogP contribution in [-0.4, -0.2) is 41.9 Å². The highest BCUT2D eigenvalue weighted by molar-refractivity contribution is 6.08. The SMILES string of the molecule is CCCNC(=O)c1c(NC(=O)c2ccc(OC(F)F)c(OC)c2)cnn1C. The van der Waals surface area contributed by atoms with E-state index in [0.29, 0.717) is 6.54 Å². The van der Waals surface area contributed by atoms with E-state index < -0.39 is 12.5 Å². The molecule has 0 fully saturated rings. The Kier molecular flexibility index (Phi) is 6.69. The van der Waals surface area contributed by atoms with Crippen molar-refractivity contribution in [2.75, 3.05) is 19.0 Å². The lowest BCUT2D eigenvalue weighted by Gasteiger charge is -2.12. The molecule has 0 unspecified atom stereocenters. The fourth-order valence-electron chi connectivity index (χ4n) is 2.32. The Labute approximate surface area is 154 Å². The predicted octanol–water partition coefficient (Wildman–Crippen LogP) is 2.42. The van der Waals surface area contributed by atoms with Gasteiger partial charge in [-0.1, -0.05) is 6.92 Å². The number of nitrogens with zero attached hydrogens (tertiary/aromatic N) is 2. The van der Waals surface area contributed by atoms with Crippen LogP contribution in [0.25, 0.3) is 0 Å². The molecule has 2 aromatic rings. The molecule has 146 valence electrons. The van der Waals surface area contributed by atoms with Crippen LogP contribution in [0.2, 0.25) is 0 Å². The van der Waals surface area contributed by atoms with Crippen LogP contribution in [0.15, 0.2) is 24.4 Å². The van der Waals surface area contributed by atoms with E-state index in [9.17, 15) is 18.4 Å². The monoisotopic (exact) mass is 382 g/mol. The van der Waals surface area contributed by atoms with Gasteiger partial charge in [0.2, 0.25) is 0 Å². The molecular formula is C17H20F2N4O4. The van der Waals surface area contributed by atoms with Crippen LogP contribution in [-0.2, 0) is 7.05 Å². The van der Waals surface area contributed by atoms with Gasteiger partial charge in [-0.2, -0.15) is 13.9 Å². The quantitative estimate of drug-likeness (QED) is 0.731. The number of alkyl halides is 2. The van der Waals surface area contributed by atoms with Crippen LogP contribution < -0.4 is 20.1 Å². The fraction of sp³-hybridized carbons (Fsp3) is 0.353. The molecule has 0 bridgehead atoms. The van der Waals surface area contributed by atoms with Crippen LogP contribution >= 0.6 is 0 Å². The summed E-state index contributed by atoms with van der Waals surface area (Å²) in [6.07, 6.45) is 2.11.